The Kier molecular flexibility index (Phi) is 1.64. The highest BCUT2D eigenvalue weighted by molar-refractivity contribution is 5.71. The number of hydrogen-bond acceptors (Lipinski definition) is 2. The fourth-order valence-corrected chi connectivity index (χ4v) is 1.58. The summed E-state index contributed by atoms with van der Waals surface area (Å²) in [5.74, 6) is 0.423. The Hall–Kier alpha value is -1.25. The van der Waals surface area contributed by atoms with Crippen LogP contribution in [0.2, 0.25) is 0 Å². The highest BCUT2D eigenvalue weighted by Gasteiger charge is 2.36. The van der Waals surface area contributed by atoms with Crippen LogP contribution in [0.4, 0.5) is 0 Å². The lowest BCUT2D eigenvalue weighted by Crippen LogP contribution is -2.28. The smallest absolute Gasteiger partial charge is 0.306 e. The van der Waals surface area contributed by atoms with E-state index in [0.717, 1.165) is 18.6 Å². The van der Waals surface area contributed by atoms with E-state index in [1.165, 1.54) is 0 Å². The summed E-state index contributed by atoms with van der Waals surface area (Å²) in [5.41, 5.74) is 0. The van der Waals surface area contributed by atoms with Crippen molar-refractivity contribution in [1.82, 2.24) is 0 Å². The first kappa shape index (κ1) is 7.40. The topological polar surface area (TPSA) is 50.4 Å². The summed E-state index contributed by atoms with van der Waals surface area (Å²) >= 11 is 0. The molecular weight excluding hydrogens is 156 g/mol. The zero-order valence-electron chi connectivity index (χ0n) is 6.56. The van der Waals surface area contributed by atoms with E-state index in [0.29, 0.717) is 5.92 Å². The Bertz CT molecular complexity index is 270. The van der Waals surface area contributed by atoms with Gasteiger partial charge in [-0.3, -0.25) is 4.79 Å². The predicted molar refractivity (Wildman–Crippen MR) is 41.8 cm³/mol. The SMILES string of the molecule is O=C(O)C1CC(c2ccco2)C1. The fourth-order valence-electron chi connectivity index (χ4n) is 1.58. The van der Waals surface area contributed by atoms with Gasteiger partial charge in [-0.05, 0) is 25.0 Å². The van der Waals surface area contributed by atoms with Crippen LogP contribution in [0, 0.1) is 5.92 Å². The summed E-state index contributed by atoms with van der Waals surface area (Å²) in [6, 6.07) is 3.74. The molecule has 1 aromatic heterocycles. The van der Waals surface area contributed by atoms with Gasteiger partial charge in [-0.25, -0.2) is 0 Å². The molecule has 0 amide bonds. The molecule has 0 unspecified atom stereocenters. The summed E-state index contributed by atoms with van der Waals surface area (Å²) in [6.45, 7) is 0. The van der Waals surface area contributed by atoms with Crippen molar-refractivity contribution in [3.8, 4) is 0 Å². The summed E-state index contributed by atoms with van der Waals surface area (Å²) in [6.07, 6.45) is 3.08. The Labute approximate surface area is 70.0 Å². The van der Waals surface area contributed by atoms with E-state index in [4.69, 9.17) is 9.52 Å². The quantitative estimate of drug-likeness (QED) is 0.729. The highest BCUT2D eigenvalue weighted by Crippen LogP contribution is 2.41. The maximum Gasteiger partial charge on any atom is 0.306 e. The molecule has 64 valence electrons. The first-order valence-corrected chi connectivity index (χ1v) is 4.03. The molecule has 0 atom stereocenters. The van der Waals surface area contributed by atoms with Gasteiger partial charge < -0.3 is 9.52 Å². The number of carbonyl (C=O) groups is 1. The minimum atomic E-state index is -0.683. The Morgan fingerprint density at radius 3 is 2.83 bits per heavy atom. The number of carboxylic acids is 1. The highest BCUT2D eigenvalue weighted by atomic mass is 16.4. The predicted octanol–water partition coefficient (Wildman–Crippen LogP) is 1.86. The molecule has 1 heterocycles. The summed E-state index contributed by atoms with van der Waals surface area (Å²) in [7, 11) is 0. The van der Waals surface area contributed by atoms with Gasteiger partial charge in [0.15, 0.2) is 0 Å². The molecule has 0 saturated heterocycles. The minimum absolute atomic E-state index is 0.153. The number of carboxylic acid groups (broad SMARTS) is 1. The van der Waals surface area contributed by atoms with Crippen LogP contribution in [0.1, 0.15) is 24.5 Å². The average molecular weight is 166 g/mol. The second kappa shape index (κ2) is 2.66. The largest absolute Gasteiger partial charge is 0.481 e. The molecule has 3 heteroatoms. The third kappa shape index (κ3) is 1.11. The first-order valence-electron chi connectivity index (χ1n) is 4.03. The van der Waals surface area contributed by atoms with E-state index in [-0.39, 0.29) is 5.92 Å². The molecule has 0 aromatic carbocycles. The first-order chi connectivity index (χ1) is 5.77. The molecule has 1 aromatic rings. The van der Waals surface area contributed by atoms with E-state index in [2.05, 4.69) is 0 Å². The molecule has 0 aliphatic heterocycles. The maximum atomic E-state index is 10.5. The van der Waals surface area contributed by atoms with E-state index in [1.54, 1.807) is 6.26 Å². The van der Waals surface area contributed by atoms with Crippen LogP contribution in [-0.2, 0) is 4.79 Å². The van der Waals surface area contributed by atoms with Gasteiger partial charge in [0.1, 0.15) is 5.76 Å². The van der Waals surface area contributed by atoms with Crippen molar-refractivity contribution in [2.24, 2.45) is 5.92 Å². The van der Waals surface area contributed by atoms with Crippen molar-refractivity contribution in [2.75, 3.05) is 0 Å². The van der Waals surface area contributed by atoms with Crippen LogP contribution >= 0.6 is 0 Å². The van der Waals surface area contributed by atoms with Gasteiger partial charge in [0.2, 0.25) is 0 Å². The number of hydrogen-bond donors (Lipinski definition) is 1. The van der Waals surface area contributed by atoms with Crippen molar-refractivity contribution in [3.63, 3.8) is 0 Å². The molecule has 1 aliphatic carbocycles. The summed E-state index contributed by atoms with van der Waals surface area (Å²) in [5, 5.41) is 8.62. The number of aliphatic carboxylic acids is 1. The van der Waals surface area contributed by atoms with Crippen molar-refractivity contribution < 1.29 is 14.3 Å². The monoisotopic (exact) mass is 166 g/mol. The molecule has 0 radical (unpaired) electrons. The lowest BCUT2D eigenvalue weighted by molar-refractivity contribution is -0.145. The summed E-state index contributed by atoms with van der Waals surface area (Å²) < 4.78 is 5.17. The Balaban J connectivity index is 1.94. The van der Waals surface area contributed by atoms with E-state index >= 15 is 0 Å². The van der Waals surface area contributed by atoms with Gasteiger partial charge in [-0.2, -0.15) is 0 Å². The molecule has 0 spiro atoms. The molecular formula is C9H10O3. The van der Waals surface area contributed by atoms with Gasteiger partial charge in [0.25, 0.3) is 0 Å². The van der Waals surface area contributed by atoms with E-state index < -0.39 is 5.97 Å². The van der Waals surface area contributed by atoms with Crippen molar-refractivity contribution in [3.05, 3.63) is 24.2 Å². The normalized spacial score (nSPS) is 28.0. The average Bonchev–Trinajstić information content (AvgIpc) is 2.34. The molecule has 1 saturated carbocycles. The van der Waals surface area contributed by atoms with Crippen LogP contribution in [0.5, 0.6) is 0 Å². The van der Waals surface area contributed by atoms with E-state index in [9.17, 15) is 4.79 Å². The molecule has 3 nitrogen and oxygen atoms in total. The Morgan fingerprint density at radius 1 is 1.58 bits per heavy atom. The van der Waals surface area contributed by atoms with Gasteiger partial charge in [0, 0.05) is 5.92 Å². The van der Waals surface area contributed by atoms with Gasteiger partial charge in [-0.1, -0.05) is 0 Å². The second-order valence-corrected chi connectivity index (χ2v) is 3.22. The molecule has 0 bridgehead atoms. The van der Waals surface area contributed by atoms with Gasteiger partial charge in [-0.15, -0.1) is 0 Å². The van der Waals surface area contributed by atoms with Gasteiger partial charge in [0.05, 0.1) is 12.2 Å². The van der Waals surface area contributed by atoms with Crippen LogP contribution in [-0.4, -0.2) is 11.1 Å². The second-order valence-electron chi connectivity index (χ2n) is 3.22. The minimum Gasteiger partial charge on any atom is -0.481 e. The third-order valence-electron chi connectivity index (χ3n) is 2.43. The number of rotatable bonds is 2. The van der Waals surface area contributed by atoms with Crippen LogP contribution in [0.25, 0.3) is 0 Å². The molecule has 1 N–H and O–H groups in total. The number of furan rings is 1. The van der Waals surface area contributed by atoms with Crippen molar-refractivity contribution in [1.29, 1.82) is 0 Å². The molecule has 12 heavy (non-hydrogen) atoms. The maximum absolute atomic E-state index is 10.5. The molecule has 1 aliphatic rings. The van der Waals surface area contributed by atoms with Crippen LogP contribution in [0.3, 0.4) is 0 Å². The van der Waals surface area contributed by atoms with E-state index in [1.807, 2.05) is 12.1 Å². The standard InChI is InChI=1S/C9H10O3/c10-9(11)7-4-6(5-7)8-2-1-3-12-8/h1-3,6-7H,4-5H2,(H,10,11). The fraction of sp³-hybridized carbons (Fsp3) is 0.444. The van der Waals surface area contributed by atoms with Gasteiger partial charge >= 0.3 is 5.97 Å². The molecule has 1 fully saturated rings. The van der Waals surface area contributed by atoms with Crippen LogP contribution < -0.4 is 0 Å². The lowest BCUT2D eigenvalue weighted by atomic mass is 9.74. The van der Waals surface area contributed by atoms with Crippen molar-refractivity contribution in [2.45, 2.75) is 18.8 Å². The lowest BCUT2D eigenvalue weighted by Gasteiger charge is -2.30. The Morgan fingerprint density at radius 2 is 2.33 bits per heavy atom. The summed E-state index contributed by atoms with van der Waals surface area (Å²) in [4.78, 5) is 10.5. The third-order valence-corrected chi connectivity index (χ3v) is 2.43. The zero-order chi connectivity index (χ0) is 8.55. The van der Waals surface area contributed by atoms with Crippen LogP contribution in [0.15, 0.2) is 22.8 Å². The molecule has 2 rings (SSSR count). The van der Waals surface area contributed by atoms with Crippen molar-refractivity contribution >= 4 is 5.97 Å². The zero-order valence-corrected chi connectivity index (χ0v) is 6.56.